The number of nitrogens with zero attached hydrogens (tertiary/aromatic N) is 1. The second kappa shape index (κ2) is 4.31. The molecule has 16 heavy (non-hydrogen) atoms. The van der Waals surface area contributed by atoms with Gasteiger partial charge in [0.05, 0.1) is 10.6 Å². The van der Waals surface area contributed by atoms with Crippen molar-refractivity contribution >= 4 is 23.2 Å². The lowest BCUT2D eigenvalue weighted by molar-refractivity contribution is 0.0362. The number of nitrogen functional groups attached to an aromatic ring is 1. The van der Waals surface area contributed by atoms with Crippen molar-refractivity contribution in [2.45, 2.75) is 0 Å². The van der Waals surface area contributed by atoms with Gasteiger partial charge in [-0.15, -0.1) is 0 Å². The number of carbonyl (C=O) groups is 1. The zero-order chi connectivity index (χ0) is 11.7. The molecule has 0 aromatic heterocycles. The number of nitrogens with two attached hydrogens (primary N) is 1. The Labute approximate surface area is 98.6 Å². The van der Waals surface area contributed by atoms with Gasteiger partial charge in [-0.3, -0.25) is 4.79 Å². The third-order valence-electron chi connectivity index (χ3n) is 2.72. The predicted octanol–water partition coefficient (Wildman–Crippen LogP) is 0.987. The highest BCUT2D eigenvalue weighted by Gasteiger charge is 2.31. The number of halogens is 1. The quantitative estimate of drug-likeness (QED) is 0.758. The molecule has 86 valence electrons. The maximum Gasteiger partial charge on any atom is 0.255 e. The number of aliphatic hydroxyl groups excluding tert-OH is 1. The summed E-state index contributed by atoms with van der Waals surface area (Å²) in [5, 5.41) is 9.28. The molecule has 0 spiro atoms. The van der Waals surface area contributed by atoms with Crippen LogP contribution in [0.4, 0.5) is 5.69 Å². The van der Waals surface area contributed by atoms with Crippen LogP contribution in [0.15, 0.2) is 18.2 Å². The Hall–Kier alpha value is -1.26. The van der Waals surface area contributed by atoms with Gasteiger partial charge in [0.25, 0.3) is 5.91 Å². The summed E-state index contributed by atoms with van der Waals surface area (Å²) in [5.41, 5.74) is 6.56. The van der Waals surface area contributed by atoms with Gasteiger partial charge in [0, 0.05) is 31.3 Å². The van der Waals surface area contributed by atoms with Gasteiger partial charge in [-0.1, -0.05) is 11.6 Å². The summed E-state index contributed by atoms with van der Waals surface area (Å²) in [7, 11) is 0. The SMILES string of the molecule is Nc1ccc(Cl)c(C(=O)N2CC(CO)C2)c1. The summed E-state index contributed by atoms with van der Waals surface area (Å²) in [6.45, 7) is 1.29. The molecule has 1 aromatic carbocycles. The molecule has 1 aliphatic rings. The molecule has 1 aliphatic heterocycles. The number of likely N-dealkylation sites (tertiary alicyclic amines) is 1. The van der Waals surface area contributed by atoms with E-state index in [2.05, 4.69) is 0 Å². The topological polar surface area (TPSA) is 66.6 Å². The van der Waals surface area contributed by atoms with E-state index in [4.69, 9.17) is 22.4 Å². The van der Waals surface area contributed by atoms with E-state index in [1.807, 2.05) is 0 Å². The van der Waals surface area contributed by atoms with Crippen molar-refractivity contribution in [1.82, 2.24) is 4.90 Å². The molecule has 0 saturated carbocycles. The average molecular weight is 241 g/mol. The first-order chi connectivity index (χ1) is 7.61. The number of aliphatic hydroxyl groups is 1. The first-order valence-electron chi connectivity index (χ1n) is 5.07. The molecule has 3 N–H and O–H groups in total. The summed E-state index contributed by atoms with van der Waals surface area (Å²) in [6, 6.07) is 4.86. The predicted molar refractivity (Wildman–Crippen MR) is 62.3 cm³/mol. The highest BCUT2D eigenvalue weighted by molar-refractivity contribution is 6.34. The maximum atomic E-state index is 12.0. The maximum absolute atomic E-state index is 12.0. The highest BCUT2D eigenvalue weighted by atomic mass is 35.5. The molecular weight excluding hydrogens is 228 g/mol. The second-order valence-corrected chi connectivity index (χ2v) is 4.41. The Kier molecular flexibility index (Phi) is 3.03. The van der Waals surface area contributed by atoms with Crippen molar-refractivity contribution in [2.75, 3.05) is 25.4 Å². The van der Waals surface area contributed by atoms with E-state index in [0.29, 0.717) is 29.4 Å². The van der Waals surface area contributed by atoms with Crippen molar-refractivity contribution in [3.8, 4) is 0 Å². The highest BCUT2D eigenvalue weighted by Crippen LogP contribution is 2.24. The molecule has 1 fully saturated rings. The molecular formula is C11H13ClN2O2. The molecule has 4 nitrogen and oxygen atoms in total. The van der Waals surface area contributed by atoms with Crippen LogP contribution in [-0.2, 0) is 0 Å². The van der Waals surface area contributed by atoms with Gasteiger partial charge >= 0.3 is 0 Å². The fraction of sp³-hybridized carbons (Fsp3) is 0.364. The van der Waals surface area contributed by atoms with Gasteiger partial charge in [-0.05, 0) is 18.2 Å². The zero-order valence-electron chi connectivity index (χ0n) is 8.69. The van der Waals surface area contributed by atoms with Crippen molar-refractivity contribution in [3.05, 3.63) is 28.8 Å². The summed E-state index contributed by atoms with van der Waals surface area (Å²) < 4.78 is 0. The number of hydrogen-bond donors (Lipinski definition) is 2. The number of anilines is 1. The molecule has 0 radical (unpaired) electrons. The Balaban J connectivity index is 2.13. The molecule has 1 saturated heterocycles. The largest absolute Gasteiger partial charge is 0.399 e. The molecule has 0 unspecified atom stereocenters. The third-order valence-corrected chi connectivity index (χ3v) is 3.05. The summed E-state index contributed by atoms with van der Waals surface area (Å²) in [6.07, 6.45) is 0. The second-order valence-electron chi connectivity index (χ2n) is 4.00. The van der Waals surface area contributed by atoms with E-state index in [1.54, 1.807) is 23.1 Å². The Bertz CT molecular complexity index is 416. The standard InChI is InChI=1S/C11H13ClN2O2/c12-10-2-1-8(13)3-9(10)11(16)14-4-7(5-14)6-15/h1-3,7,15H,4-6,13H2. The van der Waals surface area contributed by atoms with Crippen LogP contribution in [0.5, 0.6) is 0 Å². The Morgan fingerprint density at radius 2 is 2.25 bits per heavy atom. The first kappa shape index (κ1) is 11.2. The fourth-order valence-electron chi connectivity index (χ4n) is 1.73. The lowest BCUT2D eigenvalue weighted by atomic mass is 10.00. The minimum Gasteiger partial charge on any atom is -0.399 e. The number of rotatable bonds is 2. The lowest BCUT2D eigenvalue weighted by Gasteiger charge is -2.38. The van der Waals surface area contributed by atoms with Crippen LogP contribution in [0.25, 0.3) is 0 Å². The average Bonchev–Trinajstić information content (AvgIpc) is 2.20. The van der Waals surface area contributed by atoms with Crippen LogP contribution < -0.4 is 5.73 Å². The van der Waals surface area contributed by atoms with Gasteiger partial charge in [-0.25, -0.2) is 0 Å². The molecule has 1 amide bonds. The summed E-state index contributed by atoms with van der Waals surface area (Å²) >= 11 is 5.93. The Morgan fingerprint density at radius 3 is 2.88 bits per heavy atom. The van der Waals surface area contributed by atoms with Crippen LogP contribution in [0.2, 0.25) is 5.02 Å². The number of hydrogen-bond acceptors (Lipinski definition) is 3. The normalized spacial score (nSPS) is 16.0. The van der Waals surface area contributed by atoms with Crippen LogP contribution in [0.3, 0.4) is 0 Å². The van der Waals surface area contributed by atoms with Crippen molar-refractivity contribution in [2.24, 2.45) is 5.92 Å². The number of amides is 1. The zero-order valence-corrected chi connectivity index (χ0v) is 9.44. The minimum atomic E-state index is -0.123. The van der Waals surface area contributed by atoms with E-state index in [9.17, 15) is 4.79 Å². The first-order valence-corrected chi connectivity index (χ1v) is 5.44. The summed E-state index contributed by atoms with van der Waals surface area (Å²) in [5.74, 6) is 0.0748. The van der Waals surface area contributed by atoms with Crippen LogP contribution in [0, 0.1) is 5.92 Å². The molecule has 5 heteroatoms. The molecule has 1 aromatic rings. The molecule has 1 heterocycles. The van der Waals surface area contributed by atoms with E-state index in [1.165, 1.54) is 0 Å². The van der Waals surface area contributed by atoms with Gasteiger partial charge in [-0.2, -0.15) is 0 Å². The van der Waals surface area contributed by atoms with Crippen LogP contribution in [0.1, 0.15) is 10.4 Å². The van der Waals surface area contributed by atoms with Crippen LogP contribution in [-0.4, -0.2) is 35.6 Å². The van der Waals surface area contributed by atoms with E-state index < -0.39 is 0 Å². The van der Waals surface area contributed by atoms with E-state index in [0.717, 1.165) is 0 Å². The fourth-order valence-corrected chi connectivity index (χ4v) is 1.93. The molecule has 0 bridgehead atoms. The molecule has 0 aliphatic carbocycles. The van der Waals surface area contributed by atoms with Gasteiger partial charge in [0.15, 0.2) is 0 Å². The smallest absolute Gasteiger partial charge is 0.255 e. The summed E-state index contributed by atoms with van der Waals surface area (Å²) in [4.78, 5) is 13.6. The minimum absolute atomic E-state index is 0.119. The van der Waals surface area contributed by atoms with Crippen molar-refractivity contribution < 1.29 is 9.90 Å². The monoisotopic (exact) mass is 240 g/mol. The van der Waals surface area contributed by atoms with Gasteiger partial charge in [0.2, 0.25) is 0 Å². The van der Waals surface area contributed by atoms with Crippen molar-refractivity contribution in [1.29, 1.82) is 0 Å². The van der Waals surface area contributed by atoms with Crippen molar-refractivity contribution in [3.63, 3.8) is 0 Å². The lowest BCUT2D eigenvalue weighted by Crippen LogP contribution is -2.51. The third kappa shape index (κ3) is 1.99. The Morgan fingerprint density at radius 1 is 1.56 bits per heavy atom. The van der Waals surface area contributed by atoms with E-state index >= 15 is 0 Å². The van der Waals surface area contributed by atoms with E-state index in [-0.39, 0.29) is 18.4 Å². The number of benzene rings is 1. The number of carbonyl (C=O) groups excluding carboxylic acids is 1. The molecule has 0 atom stereocenters. The van der Waals surface area contributed by atoms with Crippen LogP contribution >= 0.6 is 11.6 Å². The molecule has 2 rings (SSSR count). The van der Waals surface area contributed by atoms with Gasteiger partial charge < -0.3 is 15.7 Å². The van der Waals surface area contributed by atoms with Gasteiger partial charge in [0.1, 0.15) is 0 Å².